The second-order valence-electron chi connectivity index (χ2n) is 4.82. The molecule has 3 heterocycles. The van der Waals surface area contributed by atoms with E-state index in [1.807, 2.05) is 5.82 Å². The summed E-state index contributed by atoms with van der Waals surface area (Å²) in [5.74, 6) is 1.80. The van der Waals surface area contributed by atoms with E-state index < -0.39 is 36.7 Å². The first-order valence-electron chi connectivity index (χ1n) is 6.42. The quantitative estimate of drug-likeness (QED) is 0.348. The molecule has 0 bridgehead atoms. The number of anilines is 1. The summed E-state index contributed by atoms with van der Waals surface area (Å²) < 4.78 is 7.48. The Morgan fingerprint density at radius 3 is 2.73 bits per heavy atom. The summed E-state index contributed by atoms with van der Waals surface area (Å²) in [6.45, 7) is -0.440. The van der Waals surface area contributed by atoms with Crippen LogP contribution < -0.4 is 16.0 Å². The third-order valence-electron chi connectivity index (χ3n) is 3.49. The Morgan fingerprint density at radius 2 is 2.14 bits per heavy atom. The fourth-order valence-corrected chi connectivity index (χ4v) is 3.64. The average Bonchev–Trinajstić information content (AvgIpc) is 2.98. The van der Waals surface area contributed by atoms with E-state index in [9.17, 15) is 20.1 Å². The summed E-state index contributed by atoms with van der Waals surface area (Å²) in [6.07, 6.45) is -4.45. The molecule has 6 N–H and O–H groups in total. The first kappa shape index (κ1) is 15.4. The van der Waals surface area contributed by atoms with Crippen molar-refractivity contribution in [3.63, 3.8) is 0 Å². The number of H-pyrrole nitrogens is 1. The molecule has 1 aliphatic heterocycles. The van der Waals surface area contributed by atoms with Gasteiger partial charge in [0, 0.05) is 0 Å². The first-order valence-corrected chi connectivity index (χ1v) is 8.99. The Balaban J connectivity index is 2.20. The SMILES string of the molecule is C[Se]c1nc2c(=O)[nH]c(N)nc2n1C1OC(CO)C(O)C1O. The normalized spacial score (nSPS) is 28.5. The van der Waals surface area contributed by atoms with Gasteiger partial charge >= 0.3 is 129 Å². The number of hydrogen-bond donors (Lipinski definition) is 5. The summed E-state index contributed by atoms with van der Waals surface area (Å²) in [7, 11) is 0. The van der Waals surface area contributed by atoms with Crippen LogP contribution in [0.25, 0.3) is 11.2 Å². The van der Waals surface area contributed by atoms with Gasteiger partial charge in [-0.1, -0.05) is 0 Å². The molecule has 22 heavy (non-hydrogen) atoms. The second kappa shape index (κ2) is 5.61. The number of aliphatic hydroxyl groups excluding tert-OH is 3. The van der Waals surface area contributed by atoms with Gasteiger partial charge in [-0.15, -0.1) is 0 Å². The van der Waals surface area contributed by atoms with E-state index in [1.165, 1.54) is 4.57 Å². The van der Waals surface area contributed by atoms with E-state index in [2.05, 4.69) is 15.0 Å². The van der Waals surface area contributed by atoms with Crippen molar-refractivity contribution in [2.24, 2.45) is 0 Å². The molecule has 0 saturated carbocycles. The van der Waals surface area contributed by atoms with Crippen LogP contribution in [-0.2, 0) is 4.74 Å². The van der Waals surface area contributed by atoms with Crippen molar-refractivity contribution in [2.45, 2.75) is 30.4 Å². The summed E-state index contributed by atoms with van der Waals surface area (Å²) in [5, 5.41) is 29.3. The zero-order valence-corrected chi connectivity index (χ0v) is 13.2. The number of hydrogen-bond acceptors (Lipinski definition) is 8. The van der Waals surface area contributed by atoms with Crippen LogP contribution in [0.4, 0.5) is 5.95 Å². The number of rotatable bonds is 3. The molecule has 2 aromatic rings. The number of nitrogens with one attached hydrogen (secondary N) is 1. The van der Waals surface area contributed by atoms with Gasteiger partial charge in [-0.2, -0.15) is 0 Å². The Kier molecular flexibility index (Phi) is 3.93. The number of nitrogen functional groups attached to an aromatic ring is 1. The Labute approximate surface area is 130 Å². The van der Waals surface area contributed by atoms with Gasteiger partial charge in [-0.3, -0.25) is 0 Å². The van der Waals surface area contributed by atoms with E-state index >= 15 is 0 Å². The minimum atomic E-state index is -1.28. The van der Waals surface area contributed by atoms with Crippen LogP contribution in [0.3, 0.4) is 0 Å². The van der Waals surface area contributed by atoms with Crippen molar-refractivity contribution < 1.29 is 20.1 Å². The maximum absolute atomic E-state index is 11.9. The van der Waals surface area contributed by atoms with Crippen LogP contribution in [0, 0.1) is 0 Å². The van der Waals surface area contributed by atoms with Crippen LogP contribution in [0.1, 0.15) is 6.23 Å². The van der Waals surface area contributed by atoms with Gasteiger partial charge in [0.05, 0.1) is 0 Å². The van der Waals surface area contributed by atoms with Gasteiger partial charge in [0.25, 0.3) is 0 Å². The summed E-state index contributed by atoms with van der Waals surface area (Å²) in [4.78, 5) is 22.6. The third-order valence-corrected chi connectivity index (χ3v) is 4.86. The summed E-state index contributed by atoms with van der Waals surface area (Å²) in [5.41, 5.74) is 5.34. The van der Waals surface area contributed by atoms with E-state index in [0.29, 0.717) is 4.72 Å². The standard InChI is InChI=1S/C11H15N5O5Se/c1-22-11-13-4-7(14-10(12)15-8(4)20)16(11)9-6(19)5(18)3(2-17)21-9/h3,5-6,9,17-19H,2H2,1H3,(H3,12,14,15,20). The number of ether oxygens (including phenoxy) is 1. The fourth-order valence-electron chi connectivity index (χ4n) is 2.45. The number of imidazole rings is 1. The predicted molar refractivity (Wildman–Crippen MR) is 76.8 cm³/mol. The molecule has 11 heteroatoms. The molecule has 1 fully saturated rings. The van der Waals surface area contributed by atoms with Crippen molar-refractivity contribution in [1.29, 1.82) is 0 Å². The van der Waals surface area contributed by atoms with Gasteiger partial charge in [-0.05, 0) is 0 Å². The molecule has 4 atom stereocenters. The van der Waals surface area contributed by atoms with E-state index in [1.54, 1.807) is 0 Å². The van der Waals surface area contributed by atoms with Gasteiger partial charge in [-0.25, -0.2) is 0 Å². The fraction of sp³-hybridized carbons (Fsp3) is 0.545. The molecular weight excluding hydrogens is 361 g/mol. The number of aromatic amines is 1. The Hall–Kier alpha value is -1.49. The molecule has 0 spiro atoms. The van der Waals surface area contributed by atoms with Gasteiger partial charge in [0.1, 0.15) is 0 Å². The molecular formula is C11H15N5O5Se. The number of aliphatic hydroxyl groups is 3. The predicted octanol–water partition coefficient (Wildman–Crippen LogP) is -3.31. The maximum atomic E-state index is 11.9. The molecule has 10 nitrogen and oxygen atoms in total. The van der Waals surface area contributed by atoms with E-state index in [4.69, 9.17) is 10.5 Å². The van der Waals surface area contributed by atoms with Crippen molar-refractivity contribution >= 4 is 36.8 Å². The number of nitrogens with two attached hydrogens (primary N) is 1. The topological polar surface area (TPSA) is 160 Å². The van der Waals surface area contributed by atoms with Crippen molar-refractivity contribution in [2.75, 3.05) is 12.3 Å². The van der Waals surface area contributed by atoms with Crippen LogP contribution in [0.15, 0.2) is 4.79 Å². The molecule has 3 rings (SSSR count). The van der Waals surface area contributed by atoms with Crippen molar-refractivity contribution in [1.82, 2.24) is 19.5 Å². The molecule has 120 valence electrons. The third kappa shape index (κ3) is 2.22. The first-order chi connectivity index (χ1) is 10.5. The molecule has 0 amide bonds. The summed E-state index contributed by atoms with van der Waals surface area (Å²) >= 11 is -0.132. The van der Waals surface area contributed by atoms with Gasteiger partial charge in [0.2, 0.25) is 0 Å². The Morgan fingerprint density at radius 1 is 1.41 bits per heavy atom. The Bertz CT molecular complexity index is 761. The van der Waals surface area contributed by atoms with Crippen LogP contribution in [-0.4, -0.2) is 74.7 Å². The molecule has 1 saturated heterocycles. The zero-order chi connectivity index (χ0) is 16.0. The molecule has 0 radical (unpaired) electrons. The summed E-state index contributed by atoms with van der Waals surface area (Å²) in [6, 6.07) is 0. The zero-order valence-electron chi connectivity index (χ0n) is 11.5. The number of aromatic nitrogens is 4. The molecule has 0 aliphatic carbocycles. The molecule has 1 aliphatic rings. The number of fused-ring (bicyclic) bond motifs is 1. The van der Waals surface area contributed by atoms with Crippen molar-refractivity contribution in [3.8, 4) is 0 Å². The van der Waals surface area contributed by atoms with Crippen LogP contribution in [0.5, 0.6) is 0 Å². The molecule has 4 unspecified atom stereocenters. The second-order valence-corrected chi connectivity index (χ2v) is 6.44. The average molecular weight is 376 g/mol. The van der Waals surface area contributed by atoms with Gasteiger partial charge in [0.15, 0.2) is 0 Å². The van der Waals surface area contributed by atoms with E-state index in [-0.39, 0.29) is 32.1 Å². The minimum absolute atomic E-state index is 0.0828. The van der Waals surface area contributed by atoms with Crippen molar-refractivity contribution in [3.05, 3.63) is 10.4 Å². The van der Waals surface area contributed by atoms with Crippen LogP contribution >= 0.6 is 0 Å². The molecule has 2 aromatic heterocycles. The monoisotopic (exact) mass is 377 g/mol. The molecule has 0 aromatic carbocycles. The van der Waals surface area contributed by atoms with E-state index in [0.717, 1.165) is 0 Å². The number of nitrogens with zero attached hydrogens (tertiary/aromatic N) is 3. The van der Waals surface area contributed by atoms with Gasteiger partial charge < -0.3 is 0 Å². The van der Waals surface area contributed by atoms with Crippen LogP contribution in [0.2, 0.25) is 5.82 Å².